The van der Waals surface area contributed by atoms with Gasteiger partial charge in [0.05, 0.1) is 16.7 Å². The predicted molar refractivity (Wildman–Crippen MR) is 312 cm³/mol. The lowest BCUT2D eigenvalue weighted by Crippen LogP contribution is -2.56. The van der Waals surface area contributed by atoms with Gasteiger partial charge in [-0.3, -0.25) is 0 Å². The second-order valence-electron chi connectivity index (χ2n) is 25.0. The summed E-state index contributed by atoms with van der Waals surface area (Å²) in [7, 11) is 0. The predicted octanol–water partition coefficient (Wildman–Crippen LogP) is 17.4. The summed E-state index contributed by atoms with van der Waals surface area (Å²) < 4.78 is 12.7. The van der Waals surface area contributed by atoms with Crippen LogP contribution in [0, 0.1) is 0 Å². The Bertz CT molecular complexity index is 4030. The number of aromatic nitrogens is 2. The molecule has 0 aliphatic carbocycles. The van der Waals surface area contributed by atoms with Crippen molar-refractivity contribution in [3.8, 4) is 39.2 Å². The average molecular weight is 950 g/mol. The van der Waals surface area contributed by atoms with Gasteiger partial charge < -0.3 is 18.4 Å². The van der Waals surface area contributed by atoms with Gasteiger partial charge in [0.1, 0.15) is 11.2 Å². The van der Waals surface area contributed by atoms with E-state index in [2.05, 4.69) is 267 Å². The van der Waals surface area contributed by atoms with Crippen molar-refractivity contribution in [2.45, 2.75) is 105 Å². The lowest BCUT2D eigenvalue weighted by atomic mass is 9.47. The van der Waals surface area contributed by atoms with E-state index in [9.17, 15) is 0 Å². The zero-order valence-corrected chi connectivity index (χ0v) is 44.5. The summed E-state index contributed by atoms with van der Waals surface area (Å²) in [6.07, 6.45) is 0. The van der Waals surface area contributed by atoms with E-state index in [0.717, 1.165) is 39.3 Å². The quantitative estimate of drug-likeness (QED) is 0.164. The molecule has 0 saturated carbocycles. The summed E-state index contributed by atoms with van der Waals surface area (Å²) in [5, 5.41) is 4.86. The number of furan rings is 1. The van der Waals surface area contributed by atoms with Crippen molar-refractivity contribution in [2.75, 3.05) is 4.90 Å². The van der Waals surface area contributed by atoms with Gasteiger partial charge in [0.15, 0.2) is 0 Å². The molecule has 0 bridgehead atoms. The Balaban J connectivity index is 1.28. The van der Waals surface area contributed by atoms with Gasteiger partial charge in [0, 0.05) is 60.9 Å². The molecule has 5 heteroatoms. The highest BCUT2D eigenvalue weighted by Gasteiger charge is 2.48. The Hall–Kier alpha value is -7.50. The van der Waals surface area contributed by atoms with Crippen LogP contribution in [0.5, 0.6) is 0 Å². The zero-order valence-electron chi connectivity index (χ0n) is 44.5. The average Bonchev–Trinajstić information content (AvgIpc) is 4.03. The maximum Gasteiger partial charge on any atom is 0.376 e. The number of anilines is 3. The molecular weight excluding hydrogens is 886 g/mol. The van der Waals surface area contributed by atoms with Crippen LogP contribution >= 0.6 is 0 Å². The summed E-state index contributed by atoms with van der Waals surface area (Å²) in [4.78, 5) is 2.53. The smallest absolute Gasteiger partial charge is 0.376 e. The number of nitrogens with zero attached hydrogens (tertiary/aromatic N) is 3. The summed E-state index contributed by atoms with van der Waals surface area (Å²) in [6.45, 7) is 27.6. The molecule has 0 N–H and O–H groups in total. The molecule has 2 aliphatic rings. The fourth-order valence-corrected chi connectivity index (χ4v) is 12.2. The van der Waals surface area contributed by atoms with E-state index >= 15 is 0 Å². The maximum atomic E-state index is 7.46. The van der Waals surface area contributed by atoms with Crippen molar-refractivity contribution < 1.29 is 4.42 Å². The van der Waals surface area contributed by atoms with Crippen LogP contribution in [-0.2, 0) is 21.7 Å². The van der Waals surface area contributed by atoms with E-state index in [0.29, 0.717) is 0 Å². The molecule has 0 fully saturated rings. The normalized spacial score (nSPS) is 13.7. The molecule has 0 unspecified atom stereocenters. The van der Waals surface area contributed by atoms with Gasteiger partial charge in [-0.2, -0.15) is 0 Å². The van der Waals surface area contributed by atoms with Crippen molar-refractivity contribution in [3.05, 3.63) is 192 Å². The number of hydrogen-bond acceptors (Lipinski definition) is 2. The van der Waals surface area contributed by atoms with Crippen LogP contribution in [0.4, 0.5) is 17.1 Å². The molecule has 0 amide bonds. The molecule has 5 heterocycles. The molecule has 3 aromatic heterocycles. The topological polar surface area (TPSA) is 26.2 Å². The van der Waals surface area contributed by atoms with Crippen molar-refractivity contribution in [1.82, 2.24) is 9.05 Å². The van der Waals surface area contributed by atoms with E-state index in [1.54, 1.807) is 0 Å². The second kappa shape index (κ2) is 15.5. The van der Waals surface area contributed by atoms with Gasteiger partial charge in [0.2, 0.25) is 0 Å². The lowest BCUT2D eigenvalue weighted by Gasteiger charge is -2.40. The summed E-state index contributed by atoms with van der Waals surface area (Å²) in [5.41, 5.74) is 23.6. The summed E-state index contributed by atoms with van der Waals surface area (Å²) in [6, 6.07) is 64.5. The minimum absolute atomic E-state index is 0.0100. The molecule has 0 saturated heterocycles. The minimum atomic E-state index is -0.303. The highest BCUT2D eigenvalue weighted by molar-refractivity contribution is 6.89. The van der Waals surface area contributed by atoms with Gasteiger partial charge in [0.25, 0.3) is 0 Å². The number of benzene rings is 8. The molecule has 13 rings (SSSR count). The SMILES string of the molecule is CC(C)(C)c1ccc(N2c3cc(C(C)(C)C)cc4c3B(c3oc5ccccc5c32)n2c(-c3ccccc3)c(-c3ccccc3)c3c2c-4cc2c4cc(C(C)(C)C)ccc4n(-c4ccc(C(C)(C)C)cc4)c23)cc1. The van der Waals surface area contributed by atoms with Gasteiger partial charge in [-0.1, -0.05) is 192 Å². The van der Waals surface area contributed by atoms with Crippen molar-refractivity contribution in [2.24, 2.45) is 0 Å². The van der Waals surface area contributed by atoms with E-state index in [1.807, 2.05) is 0 Å². The van der Waals surface area contributed by atoms with Crippen LogP contribution in [-0.4, -0.2) is 15.9 Å². The highest BCUT2D eigenvalue weighted by atomic mass is 16.3. The largest absolute Gasteiger partial charge is 0.466 e. The van der Waals surface area contributed by atoms with Crippen LogP contribution < -0.4 is 16.0 Å². The number of fused-ring (bicyclic) bond motifs is 10. The Morgan fingerprint density at radius 1 is 0.438 bits per heavy atom. The zero-order chi connectivity index (χ0) is 50.7. The lowest BCUT2D eigenvalue weighted by molar-refractivity contribution is 0.590. The van der Waals surface area contributed by atoms with Crippen LogP contribution in [0.25, 0.3) is 82.9 Å². The third-order valence-corrected chi connectivity index (χ3v) is 16.1. The van der Waals surface area contributed by atoms with Crippen molar-refractivity contribution >= 4 is 78.7 Å². The Morgan fingerprint density at radius 2 is 1.00 bits per heavy atom. The van der Waals surface area contributed by atoms with Crippen LogP contribution in [0.3, 0.4) is 0 Å². The first kappa shape index (κ1) is 45.4. The molecule has 11 aromatic rings. The first-order valence-corrected chi connectivity index (χ1v) is 26.3. The van der Waals surface area contributed by atoms with Crippen LogP contribution in [0.1, 0.15) is 105 Å². The van der Waals surface area contributed by atoms with Crippen molar-refractivity contribution in [3.63, 3.8) is 0 Å². The third kappa shape index (κ3) is 6.80. The third-order valence-electron chi connectivity index (χ3n) is 16.1. The van der Waals surface area contributed by atoms with E-state index in [-0.39, 0.29) is 28.5 Å². The molecule has 0 spiro atoms. The monoisotopic (exact) mass is 950 g/mol. The summed E-state index contributed by atoms with van der Waals surface area (Å²) >= 11 is 0. The van der Waals surface area contributed by atoms with Gasteiger partial charge in [-0.25, -0.2) is 0 Å². The van der Waals surface area contributed by atoms with E-state index in [1.165, 1.54) is 94.1 Å². The Morgan fingerprint density at radius 3 is 1.62 bits per heavy atom. The molecule has 0 radical (unpaired) electrons. The van der Waals surface area contributed by atoms with Gasteiger partial charge >= 0.3 is 6.85 Å². The van der Waals surface area contributed by atoms with Crippen LogP contribution in [0.2, 0.25) is 0 Å². The van der Waals surface area contributed by atoms with Gasteiger partial charge in [-0.05, 0) is 127 Å². The molecular formula is C68H64BN3O. The van der Waals surface area contributed by atoms with Gasteiger partial charge in [-0.15, -0.1) is 0 Å². The molecule has 8 aromatic carbocycles. The van der Waals surface area contributed by atoms with E-state index in [4.69, 9.17) is 4.42 Å². The Labute approximate surface area is 431 Å². The second-order valence-corrected chi connectivity index (χ2v) is 25.0. The minimum Gasteiger partial charge on any atom is -0.466 e. The fraction of sp³-hybridized carbons (Fsp3) is 0.235. The maximum absolute atomic E-state index is 7.46. The molecule has 2 aliphatic heterocycles. The molecule has 0 atom stereocenters. The Kier molecular flexibility index (Phi) is 9.64. The molecule has 360 valence electrons. The fourth-order valence-electron chi connectivity index (χ4n) is 12.2. The summed E-state index contributed by atoms with van der Waals surface area (Å²) in [5.74, 6) is 0. The van der Waals surface area contributed by atoms with Crippen molar-refractivity contribution in [1.29, 1.82) is 0 Å². The van der Waals surface area contributed by atoms with Crippen LogP contribution in [0.15, 0.2) is 174 Å². The first-order chi connectivity index (χ1) is 34.8. The highest BCUT2D eigenvalue weighted by Crippen LogP contribution is 2.55. The number of para-hydroxylation sites is 1. The number of hydrogen-bond donors (Lipinski definition) is 0. The standard InChI is InChI=1S/C68H64BN3O/c1-65(2,3)43-27-32-47(33-28-43)70-54-36-31-45(67(7,8)9)37-50(54)52-40-53-51-38-46(68(10,11)12)39-55-59(51)69(64-63(49-25-19-20-26-56(49)73-64)71(55)48-34-29-44(30-35-48)66(4,5)6)72-60(42-23-17-14-18-24-42)57(41-21-15-13-16-22-41)58(61(52)70)62(53)72/h13-40H,1-12H3. The first-order valence-electron chi connectivity index (χ1n) is 26.3. The van der Waals surface area contributed by atoms with E-state index < -0.39 is 0 Å². The molecule has 73 heavy (non-hydrogen) atoms. The molecule has 4 nitrogen and oxygen atoms in total. The number of rotatable bonds is 4.